The molecule has 0 fully saturated rings. The molecule has 0 aliphatic heterocycles. The van der Waals surface area contributed by atoms with E-state index >= 15 is 0 Å². The molecule has 0 atom stereocenters. The SMILES string of the molecule is Cc1ccc(C)c(S(=O)(=O)Nc2ccc(C(=O)NCCc3ccc(F)cc3)cc2)c1. The summed E-state index contributed by atoms with van der Waals surface area (Å²) in [6.45, 7) is 3.99. The molecule has 3 aromatic rings. The summed E-state index contributed by atoms with van der Waals surface area (Å²) in [5.74, 6) is -0.558. The van der Waals surface area contributed by atoms with Crippen molar-refractivity contribution in [3.8, 4) is 0 Å². The largest absolute Gasteiger partial charge is 0.352 e. The Morgan fingerprint density at radius 1 is 0.933 bits per heavy atom. The number of halogens is 1. The molecule has 30 heavy (non-hydrogen) atoms. The molecule has 0 spiro atoms. The third-order valence-electron chi connectivity index (χ3n) is 4.64. The summed E-state index contributed by atoms with van der Waals surface area (Å²) in [5, 5.41) is 2.80. The normalized spacial score (nSPS) is 11.2. The second kappa shape index (κ2) is 9.09. The lowest BCUT2D eigenvalue weighted by molar-refractivity contribution is 0.0954. The van der Waals surface area contributed by atoms with E-state index in [1.165, 1.54) is 12.1 Å². The molecule has 5 nitrogen and oxygen atoms in total. The van der Waals surface area contributed by atoms with E-state index in [2.05, 4.69) is 10.0 Å². The number of anilines is 1. The lowest BCUT2D eigenvalue weighted by Gasteiger charge is -2.12. The highest BCUT2D eigenvalue weighted by Crippen LogP contribution is 2.21. The summed E-state index contributed by atoms with van der Waals surface area (Å²) in [4.78, 5) is 12.5. The van der Waals surface area contributed by atoms with E-state index in [1.807, 2.05) is 13.0 Å². The predicted molar refractivity (Wildman–Crippen MR) is 116 cm³/mol. The maximum atomic E-state index is 12.9. The summed E-state index contributed by atoms with van der Waals surface area (Å²) in [6, 6.07) is 17.6. The van der Waals surface area contributed by atoms with Crippen LogP contribution in [-0.4, -0.2) is 20.9 Å². The Balaban J connectivity index is 1.60. The van der Waals surface area contributed by atoms with Crippen LogP contribution >= 0.6 is 0 Å². The topological polar surface area (TPSA) is 75.3 Å². The van der Waals surface area contributed by atoms with Crippen LogP contribution in [0.2, 0.25) is 0 Å². The van der Waals surface area contributed by atoms with Gasteiger partial charge in [0.15, 0.2) is 0 Å². The molecule has 0 aromatic heterocycles. The van der Waals surface area contributed by atoms with Gasteiger partial charge in [-0.15, -0.1) is 0 Å². The number of sulfonamides is 1. The van der Waals surface area contributed by atoms with Gasteiger partial charge in [0.05, 0.1) is 4.90 Å². The first-order chi connectivity index (χ1) is 14.2. The molecule has 3 aromatic carbocycles. The number of aryl methyl sites for hydroxylation is 2. The second-order valence-electron chi connectivity index (χ2n) is 7.08. The van der Waals surface area contributed by atoms with Gasteiger partial charge >= 0.3 is 0 Å². The van der Waals surface area contributed by atoms with Crippen LogP contribution in [0.15, 0.2) is 71.6 Å². The highest BCUT2D eigenvalue weighted by atomic mass is 32.2. The van der Waals surface area contributed by atoms with Gasteiger partial charge in [-0.25, -0.2) is 12.8 Å². The van der Waals surface area contributed by atoms with E-state index < -0.39 is 10.0 Å². The third kappa shape index (κ3) is 5.45. The Labute approximate surface area is 176 Å². The number of hydrogen-bond donors (Lipinski definition) is 2. The van der Waals surface area contributed by atoms with Gasteiger partial charge < -0.3 is 5.32 Å². The third-order valence-corrected chi connectivity index (χ3v) is 6.17. The molecule has 0 unspecified atom stereocenters. The van der Waals surface area contributed by atoms with E-state index in [9.17, 15) is 17.6 Å². The number of carbonyl (C=O) groups is 1. The van der Waals surface area contributed by atoms with Crippen molar-refractivity contribution in [2.45, 2.75) is 25.2 Å². The molecule has 7 heteroatoms. The van der Waals surface area contributed by atoms with Crippen LogP contribution in [0.4, 0.5) is 10.1 Å². The van der Waals surface area contributed by atoms with Crippen LogP contribution in [0.1, 0.15) is 27.0 Å². The first-order valence-corrected chi connectivity index (χ1v) is 11.0. The van der Waals surface area contributed by atoms with Crippen LogP contribution < -0.4 is 10.0 Å². The maximum absolute atomic E-state index is 12.9. The van der Waals surface area contributed by atoms with Crippen LogP contribution in [0, 0.1) is 19.7 Å². The van der Waals surface area contributed by atoms with Crippen molar-refractivity contribution in [2.24, 2.45) is 0 Å². The van der Waals surface area contributed by atoms with E-state index in [-0.39, 0.29) is 16.6 Å². The second-order valence-corrected chi connectivity index (χ2v) is 8.73. The molecular weight excluding hydrogens is 403 g/mol. The Hall–Kier alpha value is -3.19. The molecule has 156 valence electrons. The highest BCUT2D eigenvalue weighted by Gasteiger charge is 2.17. The van der Waals surface area contributed by atoms with E-state index in [1.54, 1.807) is 55.5 Å². The molecule has 0 saturated carbocycles. The molecule has 1 amide bonds. The van der Waals surface area contributed by atoms with Gasteiger partial charge in [-0.2, -0.15) is 0 Å². The standard InChI is InChI=1S/C23H23FN2O3S/c1-16-3-4-17(2)22(15-16)30(28,29)26-21-11-7-19(8-12-21)23(27)25-14-13-18-5-9-20(24)10-6-18/h3-12,15,26H,13-14H2,1-2H3,(H,25,27). The van der Waals surface area contributed by atoms with Crippen molar-refractivity contribution in [1.82, 2.24) is 5.32 Å². The lowest BCUT2D eigenvalue weighted by Crippen LogP contribution is -2.25. The minimum atomic E-state index is -3.72. The molecule has 0 radical (unpaired) electrons. The van der Waals surface area contributed by atoms with Gasteiger partial charge in [-0.05, 0) is 79.4 Å². The van der Waals surface area contributed by atoms with E-state index in [0.29, 0.717) is 29.8 Å². The van der Waals surface area contributed by atoms with Gasteiger partial charge in [-0.3, -0.25) is 9.52 Å². The number of rotatable bonds is 7. The smallest absolute Gasteiger partial charge is 0.262 e. The Kier molecular flexibility index (Phi) is 6.52. The fraction of sp³-hybridized carbons (Fsp3) is 0.174. The van der Waals surface area contributed by atoms with Crippen LogP contribution in [-0.2, 0) is 16.4 Å². The predicted octanol–water partition coefficient (Wildman–Crippen LogP) is 4.22. The van der Waals surface area contributed by atoms with Crippen LogP contribution in [0.5, 0.6) is 0 Å². The first-order valence-electron chi connectivity index (χ1n) is 9.47. The molecule has 3 rings (SSSR count). The van der Waals surface area contributed by atoms with Crippen molar-refractivity contribution in [3.63, 3.8) is 0 Å². The summed E-state index contributed by atoms with van der Waals surface area (Å²) in [7, 11) is -3.72. The zero-order chi connectivity index (χ0) is 21.7. The monoisotopic (exact) mass is 426 g/mol. The molecule has 0 bridgehead atoms. The zero-order valence-electron chi connectivity index (χ0n) is 16.8. The number of amides is 1. The van der Waals surface area contributed by atoms with Gasteiger partial charge in [0.2, 0.25) is 0 Å². The molecule has 2 N–H and O–H groups in total. The van der Waals surface area contributed by atoms with Crippen LogP contribution in [0.3, 0.4) is 0 Å². The fourth-order valence-electron chi connectivity index (χ4n) is 2.97. The van der Waals surface area contributed by atoms with Gasteiger partial charge in [0.25, 0.3) is 15.9 Å². The average molecular weight is 427 g/mol. The number of benzene rings is 3. The first kappa shape index (κ1) is 21.5. The van der Waals surface area contributed by atoms with Crippen molar-refractivity contribution in [1.29, 1.82) is 0 Å². The fourth-order valence-corrected chi connectivity index (χ4v) is 4.36. The Morgan fingerprint density at radius 3 is 2.27 bits per heavy atom. The van der Waals surface area contributed by atoms with Gasteiger partial charge in [0.1, 0.15) is 5.82 Å². The highest BCUT2D eigenvalue weighted by molar-refractivity contribution is 7.92. The van der Waals surface area contributed by atoms with E-state index in [4.69, 9.17) is 0 Å². The average Bonchev–Trinajstić information content (AvgIpc) is 2.71. The Bertz CT molecular complexity index is 1140. The summed E-state index contributed by atoms with van der Waals surface area (Å²) >= 11 is 0. The molecule has 0 saturated heterocycles. The number of carbonyl (C=O) groups excluding carboxylic acids is 1. The molecule has 0 heterocycles. The van der Waals surface area contributed by atoms with Crippen molar-refractivity contribution in [2.75, 3.05) is 11.3 Å². The summed E-state index contributed by atoms with van der Waals surface area (Å²) in [5.41, 5.74) is 3.23. The maximum Gasteiger partial charge on any atom is 0.262 e. The minimum absolute atomic E-state index is 0.227. The quantitative estimate of drug-likeness (QED) is 0.594. The molecule has 0 aliphatic carbocycles. The lowest BCUT2D eigenvalue weighted by atomic mass is 10.1. The Morgan fingerprint density at radius 2 is 1.60 bits per heavy atom. The van der Waals surface area contributed by atoms with Crippen molar-refractivity contribution < 1.29 is 17.6 Å². The zero-order valence-corrected chi connectivity index (χ0v) is 17.6. The molecular formula is C23H23FN2O3S. The van der Waals surface area contributed by atoms with E-state index in [0.717, 1.165) is 11.1 Å². The number of nitrogens with one attached hydrogen (secondary N) is 2. The summed E-state index contributed by atoms with van der Waals surface area (Å²) in [6.07, 6.45) is 0.583. The minimum Gasteiger partial charge on any atom is -0.352 e. The van der Waals surface area contributed by atoms with Gasteiger partial charge in [0, 0.05) is 17.8 Å². The molecule has 0 aliphatic rings. The number of hydrogen-bond acceptors (Lipinski definition) is 3. The van der Waals surface area contributed by atoms with Crippen LogP contribution in [0.25, 0.3) is 0 Å². The van der Waals surface area contributed by atoms with Gasteiger partial charge in [-0.1, -0.05) is 24.3 Å². The summed E-state index contributed by atoms with van der Waals surface area (Å²) < 4.78 is 40.8. The van der Waals surface area contributed by atoms with Crippen molar-refractivity contribution in [3.05, 3.63) is 94.8 Å². The van der Waals surface area contributed by atoms with Crippen molar-refractivity contribution >= 4 is 21.6 Å².